The number of nitrogens with one attached hydrogen (secondary N) is 1. The Morgan fingerprint density at radius 1 is 1.17 bits per heavy atom. The average molecular weight is 393 g/mol. The van der Waals surface area contributed by atoms with E-state index in [-0.39, 0.29) is 5.91 Å². The molecule has 0 aromatic heterocycles. The molecule has 1 unspecified atom stereocenters. The number of ether oxygens (including phenoxy) is 2. The standard InChI is InChI=1S/C18H21BrN2O3/c1-18(20,13-5-7-14(19)8-6-13)17(22)21-11-12-4-9-15(23-2)10-16(12)24-3/h4-10H,11,20H2,1-3H3,(H,21,22). The van der Waals surface area contributed by atoms with E-state index in [0.717, 1.165) is 15.6 Å². The molecule has 0 saturated carbocycles. The van der Waals surface area contributed by atoms with Crippen LogP contribution in [0.3, 0.4) is 0 Å². The Morgan fingerprint density at radius 3 is 2.42 bits per heavy atom. The van der Waals surface area contributed by atoms with E-state index in [1.54, 1.807) is 27.2 Å². The van der Waals surface area contributed by atoms with Crippen LogP contribution in [0.1, 0.15) is 18.1 Å². The highest BCUT2D eigenvalue weighted by molar-refractivity contribution is 9.10. The van der Waals surface area contributed by atoms with E-state index in [1.165, 1.54) is 0 Å². The summed E-state index contributed by atoms with van der Waals surface area (Å²) in [5.74, 6) is 1.08. The second-order valence-electron chi connectivity index (χ2n) is 5.57. The lowest BCUT2D eigenvalue weighted by Crippen LogP contribution is -2.48. The van der Waals surface area contributed by atoms with Crippen molar-refractivity contribution in [2.75, 3.05) is 14.2 Å². The average Bonchev–Trinajstić information content (AvgIpc) is 2.59. The van der Waals surface area contributed by atoms with E-state index in [2.05, 4.69) is 21.2 Å². The summed E-state index contributed by atoms with van der Waals surface area (Å²) in [4.78, 5) is 12.5. The molecule has 0 radical (unpaired) electrons. The Labute approximate surface area is 150 Å². The molecule has 0 saturated heterocycles. The van der Waals surface area contributed by atoms with E-state index in [4.69, 9.17) is 15.2 Å². The zero-order valence-electron chi connectivity index (χ0n) is 13.9. The van der Waals surface area contributed by atoms with Crippen LogP contribution in [0.2, 0.25) is 0 Å². The van der Waals surface area contributed by atoms with Crippen molar-refractivity contribution < 1.29 is 14.3 Å². The number of hydrogen-bond acceptors (Lipinski definition) is 4. The minimum atomic E-state index is -1.12. The third-order valence-electron chi connectivity index (χ3n) is 3.85. The van der Waals surface area contributed by atoms with Crippen LogP contribution < -0.4 is 20.5 Å². The summed E-state index contributed by atoms with van der Waals surface area (Å²) in [6.07, 6.45) is 0. The molecule has 2 aromatic rings. The number of methoxy groups -OCH3 is 2. The van der Waals surface area contributed by atoms with Gasteiger partial charge in [0.2, 0.25) is 5.91 Å². The third-order valence-corrected chi connectivity index (χ3v) is 4.38. The largest absolute Gasteiger partial charge is 0.497 e. The van der Waals surface area contributed by atoms with Crippen molar-refractivity contribution in [1.29, 1.82) is 0 Å². The number of nitrogens with two attached hydrogens (primary N) is 1. The molecule has 2 aromatic carbocycles. The lowest BCUT2D eigenvalue weighted by Gasteiger charge is -2.24. The molecule has 0 spiro atoms. The summed E-state index contributed by atoms with van der Waals surface area (Å²) in [6.45, 7) is 2.01. The first-order valence-corrected chi connectivity index (χ1v) is 8.22. The van der Waals surface area contributed by atoms with Crippen molar-refractivity contribution in [3.05, 3.63) is 58.1 Å². The second kappa shape index (κ2) is 7.68. The van der Waals surface area contributed by atoms with Gasteiger partial charge in [-0.15, -0.1) is 0 Å². The fourth-order valence-corrected chi connectivity index (χ4v) is 2.55. The fraction of sp³-hybridized carbons (Fsp3) is 0.278. The third kappa shape index (κ3) is 4.07. The van der Waals surface area contributed by atoms with E-state index in [1.807, 2.05) is 36.4 Å². The van der Waals surface area contributed by atoms with E-state index in [9.17, 15) is 4.79 Å². The molecule has 1 amide bonds. The molecule has 0 fully saturated rings. The molecule has 3 N–H and O–H groups in total. The van der Waals surface area contributed by atoms with Gasteiger partial charge >= 0.3 is 0 Å². The predicted octanol–water partition coefficient (Wildman–Crippen LogP) is 2.96. The van der Waals surface area contributed by atoms with Gasteiger partial charge in [0.15, 0.2) is 0 Å². The first-order chi connectivity index (χ1) is 11.4. The van der Waals surface area contributed by atoms with E-state index >= 15 is 0 Å². The van der Waals surface area contributed by atoms with E-state index in [0.29, 0.717) is 18.0 Å². The van der Waals surface area contributed by atoms with Crippen LogP contribution in [0, 0.1) is 0 Å². The number of carbonyl (C=O) groups is 1. The lowest BCUT2D eigenvalue weighted by molar-refractivity contribution is -0.126. The number of amides is 1. The van der Waals surface area contributed by atoms with Crippen LogP contribution in [0.25, 0.3) is 0 Å². The van der Waals surface area contributed by atoms with Gasteiger partial charge in [-0.25, -0.2) is 0 Å². The van der Waals surface area contributed by atoms with Crippen LogP contribution in [-0.2, 0) is 16.9 Å². The summed E-state index contributed by atoms with van der Waals surface area (Å²) in [6, 6.07) is 12.8. The number of rotatable bonds is 6. The molecule has 0 aliphatic carbocycles. The fourth-order valence-electron chi connectivity index (χ4n) is 2.28. The van der Waals surface area contributed by atoms with E-state index < -0.39 is 5.54 Å². The smallest absolute Gasteiger partial charge is 0.244 e. The van der Waals surface area contributed by atoms with Crippen molar-refractivity contribution in [2.45, 2.75) is 19.0 Å². The zero-order valence-corrected chi connectivity index (χ0v) is 15.5. The number of halogens is 1. The molecule has 24 heavy (non-hydrogen) atoms. The van der Waals surface area contributed by atoms with Crippen LogP contribution in [0.15, 0.2) is 46.9 Å². The Hall–Kier alpha value is -2.05. The highest BCUT2D eigenvalue weighted by Crippen LogP contribution is 2.25. The Kier molecular flexibility index (Phi) is 5.85. The molecular formula is C18H21BrN2O3. The molecule has 5 nitrogen and oxygen atoms in total. The van der Waals surface area contributed by atoms with Crippen LogP contribution in [-0.4, -0.2) is 20.1 Å². The monoisotopic (exact) mass is 392 g/mol. The van der Waals surface area contributed by atoms with Gasteiger partial charge in [-0.05, 0) is 36.8 Å². The van der Waals surface area contributed by atoms with Gasteiger partial charge in [0.25, 0.3) is 0 Å². The maximum Gasteiger partial charge on any atom is 0.244 e. The van der Waals surface area contributed by atoms with Crippen molar-refractivity contribution in [3.63, 3.8) is 0 Å². The van der Waals surface area contributed by atoms with Crippen LogP contribution >= 0.6 is 15.9 Å². The molecule has 6 heteroatoms. The topological polar surface area (TPSA) is 73.6 Å². The SMILES string of the molecule is COc1ccc(CNC(=O)C(C)(N)c2ccc(Br)cc2)c(OC)c1. The van der Waals surface area contributed by atoms with Gasteiger partial charge in [-0.1, -0.05) is 28.1 Å². The molecule has 2 rings (SSSR count). The minimum absolute atomic E-state index is 0.261. The predicted molar refractivity (Wildman–Crippen MR) is 97.1 cm³/mol. The molecule has 128 valence electrons. The summed E-state index contributed by atoms with van der Waals surface area (Å²) >= 11 is 3.37. The maximum atomic E-state index is 12.5. The van der Waals surface area contributed by atoms with Crippen LogP contribution in [0.4, 0.5) is 0 Å². The molecular weight excluding hydrogens is 372 g/mol. The first-order valence-electron chi connectivity index (χ1n) is 7.42. The number of benzene rings is 2. The first kappa shape index (κ1) is 18.3. The Morgan fingerprint density at radius 2 is 1.83 bits per heavy atom. The van der Waals surface area contributed by atoms with Crippen molar-refractivity contribution in [2.24, 2.45) is 5.73 Å². The summed E-state index contributed by atoms with van der Waals surface area (Å²) < 4.78 is 11.4. The van der Waals surface area contributed by atoms with Gasteiger partial charge < -0.3 is 20.5 Å². The van der Waals surface area contributed by atoms with Gasteiger partial charge in [0, 0.05) is 22.6 Å². The van der Waals surface area contributed by atoms with Crippen LogP contribution in [0.5, 0.6) is 11.5 Å². The molecule has 0 bridgehead atoms. The van der Waals surface area contributed by atoms with Gasteiger partial charge in [-0.2, -0.15) is 0 Å². The molecule has 0 aliphatic heterocycles. The quantitative estimate of drug-likeness (QED) is 0.792. The van der Waals surface area contributed by atoms with Crippen molar-refractivity contribution >= 4 is 21.8 Å². The molecule has 0 aliphatic rings. The summed E-state index contributed by atoms with van der Waals surface area (Å²) in [5.41, 5.74) is 6.70. The highest BCUT2D eigenvalue weighted by Gasteiger charge is 2.30. The highest BCUT2D eigenvalue weighted by atomic mass is 79.9. The molecule has 0 heterocycles. The normalized spacial score (nSPS) is 13.0. The molecule has 1 atom stereocenters. The van der Waals surface area contributed by atoms with Crippen molar-refractivity contribution in [1.82, 2.24) is 5.32 Å². The number of hydrogen-bond donors (Lipinski definition) is 2. The van der Waals surface area contributed by atoms with Gasteiger partial charge in [0.05, 0.1) is 14.2 Å². The summed E-state index contributed by atoms with van der Waals surface area (Å²) in [5, 5.41) is 2.87. The maximum absolute atomic E-state index is 12.5. The second-order valence-corrected chi connectivity index (χ2v) is 6.49. The zero-order chi connectivity index (χ0) is 17.7. The minimum Gasteiger partial charge on any atom is -0.497 e. The Bertz CT molecular complexity index is 715. The van der Waals surface area contributed by atoms with Gasteiger partial charge in [0.1, 0.15) is 17.0 Å². The Balaban J connectivity index is 2.11. The lowest BCUT2D eigenvalue weighted by atomic mass is 9.92. The summed E-state index contributed by atoms with van der Waals surface area (Å²) in [7, 11) is 3.17. The van der Waals surface area contributed by atoms with Gasteiger partial charge in [-0.3, -0.25) is 4.79 Å². The van der Waals surface area contributed by atoms with Crippen molar-refractivity contribution in [3.8, 4) is 11.5 Å². The number of carbonyl (C=O) groups excluding carboxylic acids is 1.